The van der Waals surface area contributed by atoms with Crippen molar-refractivity contribution in [3.05, 3.63) is 60.6 Å². The zero-order valence-electron chi connectivity index (χ0n) is 28.5. The number of nitrogens with zero attached hydrogens (tertiary/aromatic N) is 4. The van der Waals surface area contributed by atoms with Crippen molar-refractivity contribution in [3.8, 4) is 5.75 Å². The van der Waals surface area contributed by atoms with Crippen LogP contribution in [0.3, 0.4) is 0 Å². The summed E-state index contributed by atoms with van der Waals surface area (Å²) < 4.78 is 35.7. The SMILES string of the molecule is C[C@@H]1CN([C@H](C)CO)C(=O)Cc2cc(NC(=O)CCCCCC(=O)Nc3ccccc3N)ccc2O[C@@H]1CN(C)S(=O)(=O)c1cn(C)cn1. The van der Waals surface area contributed by atoms with E-state index in [-0.39, 0.29) is 61.2 Å². The topological polar surface area (TPSA) is 189 Å². The number of hydrogen-bond donors (Lipinski definition) is 4. The van der Waals surface area contributed by atoms with E-state index in [2.05, 4.69) is 15.6 Å². The number of carbonyl (C=O) groups is 3. The van der Waals surface area contributed by atoms with Crippen molar-refractivity contribution in [2.45, 2.75) is 69.5 Å². The van der Waals surface area contributed by atoms with Crippen molar-refractivity contribution in [3.63, 3.8) is 0 Å². The minimum atomic E-state index is -3.92. The van der Waals surface area contributed by atoms with Gasteiger partial charge in [-0.05, 0) is 50.1 Å². The number of nitrogen functional groups attached to an aromatic ring is 1. The van der Waals surface area contributed by atoms with Gasteiger partial charge in [-0.25, -0.2) is 13.4 Å². The summed E-state index contributed by atoms with van der Waals surface area (Å²) in [6.07, 6.45) is 4.58. The number of likely N-dealkylation sites (N-methyl/N-ethyl adjacent to an activating group) is 1. The molecular formula is C34H47N7O7S. The number of unbranched alkanes of at least 4 members (excludes halogenated alkanes) is 2. The number of nitrogens with two attached hydrogens (primary N) is 1. The van der Waals surface area contributed by atoms with Gasteiger partial charge in [-0.15, -0.1) is 0 Å². The maximum atomic E-state index is 13.5. The van der Waals surface area contributed by atoms with Gasteiger partial charge in [-0.1, -0.05) is 25.5 Å². The minimum absolute atomic E-state index is 0.0183. The number of anilines is 3. The van der Waals surface area contributed by atoms with Crippen LogP contribution < -0.4 is 21.1 Å². The Kier molecular flexibility index (Phi) is 12.8. The van der Waals surface area contributed by atoms with Crippen LogP contribution in [0.15, 0.2) is 60.0 Å². The number of nitrogens with one attached hydrogen (secondary N) is 2. The van der Waals surface area contributed by atoms with Gasteiger partial charge < -0.3 is 35.7 Å². The molecule has 4 rings (SSSR count). The normalized spacial score (nSPS) is 17.3. The van der Waals surface area contributed by atoms with Crippen LogP contribution in [0.2, 0.25) is 0 Å². The first-order valence-electron chi connectivity index (χ1n) is 16.4. The van der Waals surface area contributed by atoms with Crippen molar-refractivity contribution in [2.24, 2.45) is 13.0 Å². The first kappa shape index (κ1) is 37.4. The lowest BCUT2D eigenvalue weighted by atomic mass is 10.0. The summed E-state index contributed by atoms with van der Waals surface area (Å²) in [4.78, 5) is 44.2. The molecule has 2 aromatic carbocycles. The summed E-state index contributed by atoms with van der Waals surface area (Å²) in [5, 5.41) is 15.5. The second-order valence-electron chi connectivity index (χ2n) is 12.6. The molecule has 3 aromatic rings. The molecule has 3 atom stereocenters. The van der Waals surface area contributed by atoms with Crippen molar-refractivity contribution in [1.82, 2.24) is 18.8 Å². The molecule has 1 aromatic heterocycles. The lowest BCUT2D eigenvalue weighted by Gasteiger charge is -2.33. The number of aliphatic hydroxyl groups is 1. The number of fused-ring (bicyclic) bond motifs is 1. The lowest BCUT2D eigenvalue weighted by Crippen LogP contribution is -2.48. The second kappa shape index (κ2) is 16.8. The van der Waals surface area contributed by atoms with Gasteiger partial charge in [0.1, 0.15) is 11.9 Å². The number of aryl methyl sites for hydroxylation is 1. The fraction of sp³-hybridized carbons (Fsp3) is 0.471. The summed E-state index contributed by atoms with van der Waals surface area (Å²) in [6.45, 7) is 3.60. The molecule has 0 unspecified atom stereocenters. The van der Waals surface area contributed by atoms with Crippen LogP contribution in [0.1, 0.15) is 51.5 Å². The first-order chi connectivity index (χ1) is 23.3. The minimum Gasteiger partial charge on any atom is -0.488 e. The van der Waals surface area contributed by atoms with Crippen LogP contribution in [-0.2, 0) is 37.9 Å². The van der Waals surface area contributed by atoms with E-state index in [1.54, 1.807) is 65.9 Å². The van der Waals surface area contributed by atoms with Gasteiger partial charge in [0, 0.05) is 56.8 Å². The quantitative estimate of drug-likeness (QED) is 0.145. The average Bonchev–Trinajstić information content (AvgIpc) is 3.52. The van der Waals surface area contributed by atoms with Crippen LogP contribution in [0.4, 0.5) is 17.1 Å². The van der Waals surface area contributed by atoms with E-state index >= 15 is 0 Å². The zero-order chi connectivity index (χ0) is 35.7. The molecule has 14 nitrogen and oxygen atoms in total. The molecule has 15 heteroatoms. The molecule has 2 heterocycles. The van der Waals surface area contributed by atoms with Crippen LogP contribution in [0, 0.1) is 5.92 Å². The van der Waals surface area contributed by atoms with Crippen LogP contribution in [0.25, 0.3) is 0 Å². The number of sulfonamides is 1. The standard InChI is InChI=1S/C34H47N7O7S/c1-23-18-41(24(2)21-42)34(45)17-25-16-26(37-31(43)12-6-5-7-13-32(44)38-28-11-9-8-10-27(28)35)14-15-29(25)48-30(23)19-40(4)49(46,47)33-20-39(3)22-36-33/h8-11,14-16,20,22-24,30,42H,5-7,12-13,17-19,21,35H2,1-4H3,(H,37,43)(H,38,44)/t23-,24-,30-/m1/s1. The number of ether oxygens (including phenoxy) is 1. The molecule has 1 aliphatic heterocycles. The van der Waals surface area contributed by atoms with Gasteiger partial charge in [0.15, 0.2) is 5.03 Å². The van der Waals surface area contributed by atoms with Gasteiger partial charge in [0.05, 0.1) is 43.3 Å². The lowest BCUT2D eigenvalue weighted by molar-refractivity contribution is -0.134. The van der Waals surface area contributed by atoms with E-state index in [0.29, 0.717) is 54.1 Å². The number of aliphatic hydroxyl groups excluding tert-OH is 1. The van der Waals surface area contributed by atoms with E-state index in [4.69, 9.17) is 10.5 Å². The van der Waals surface area contributed by atoms with E-state index in [1.165, 1.54) is 23.9 Å². The van der Waals surface area contributed by atoms with E-state index in [0.717, 1.165) is 0 Å². The van der Waals surface area contributed by atoms with E-state index in [9.17, 15) is 27.9 Å². The second-order valence-corrected chi connectivity index (χ2v) is 14.6. The Balaban J connectivity index is 1.40. The number of rotatable bonds is 14. The molecule has 5 N–H and O–H groups in total. The smallest absolute Gasteiger partial charge is 0.261 e. The van der Waals surface area contributed by atoms with Gasteiger partial charge in [-0.3, -0.25) is 14.4 Å². The molecular weight excluding hydrogens is 650 g/mol. The Hall–Kier alpha value is -4.47. The highest BCUT2D eigenvalue weighted by molar-refractivity contribution is 7.89. The molecule has 0 aliphatic carbocycles. The fourth-order valence-corrected chi connectivity index (χ4v) is 6.70. The Morgan fingerprint density at radius 2 is 1.82 bits per heavy atom. The van der Waals surface area contributed by atoms with Crippen LogP contribution >= 0.6 is 0 Å². The summed E-state index contributed by atoms with van der Waals surface area (Å²) >= 11 is 0. The maximum Gasteiger partial charge on any atom is 0.261 e. The molecule has 49 heavy (non-hydrogen) atoms. The third kappa shape index (κ3) is 10.0. The summed E-state index contributed by atoms with van der Waals surface area (Å²) in [7, 11) is -0.771. The van der Waals surface area contributed by atoms with Crippen LogP contribution in [0.5, 0.6) is 5.75 Å². The Morgan fingerprint density at radius 3 is 2.47 bits per heavy atom. The molecule has 0 spiro atoms. The fourth-order valence-electron chi connectivity index (χ4n) is 5.55. The molecule has 0 bridgehead atoms. The summed E-state index contributed by atoms with van der Waals surface area (Å²) in [5.41, 5.74) is 7.96. The highest BCUT2D eigenvalue weighted by atomic mass is 32.2. The van der Waals surface area contributed by atoms with Crippen molar-refractivity contribution in [1.29, 1.82) is 0 Å². The zero-order valence-corrected chi connectivity index (χ0v) is 29.3. The summed E-state index contributed by atoms with van der Waals surface area (Å²) in [6, 6.07) is 11.6. The molecule has 3 amide bonds. The Labute approximate surface area is 287 Å². The van der Waals surface area contributed by atoms with Crippen molar-refractivity contribution >= 4 is 44.8 Å². The number of hydrogen-bond acceptors (Lipinski definition) is 9. The first-order valence-corrected chi connectivity index (χ1v) is 17.8. The molecule has 0 saturated heterocycles. The van der Waals surface area contributed by atoms with Gasteiger partial charge >= 0.3 is 0 Å². The monoisotopic (exact) mass is 697 g/mol. The predicted molar refractivity (Wildman–Crippen MR) is 186 cm³/mol. The number of amides is 3. The largest absolute Gasteiger partial charge is 0.488 e. The van der Waals surface area contributed by atoms with Gasteiger partial charge in [-0.2, -0.15) is 4.31 Å². The number of carbonyl (C=O) groups excluding carboxylic acids is 3. The maximum absolute atomic E-state index is 13.5. The van der Waals surface area contributed by atoms with Crippen LogP contribution in [-0.4, -0.2) is 88.9 Å². The van der Waals surface area contributed by atoms with Gasteiger partial charge in [0.2, 0.25) is 17.7 Å². The molecule has 0 saturated carbocycles. The summed E-state index contributed by atoms with van der Waals surface area (Å²) in [5.74, 6) is -0.482. The molecule has 0 fully saturated rings. The third-order valence-corrected chi connectivity index (χ3v) is 10.2. The number of aromatic nitrogens is 2. The van der Waals surface area contributed by atoms with Gasteiger partial charge in [0.25, 0.3) is 10.0 Å². The Bertz CT molecular complexity index is 1730. The highest BCUT2D eigenvalue weighted by Crippen LogP contribution is 2.30. The average molecular weight is 698 g/mol. The van der Waals surface area contributed by atoms with Crippen molar-refractivity contribution in [2.75, 3.05) is 43.1 Å². The number of imidazole rings is 1. The number of para-hydroxylation sites is 2. The van der Waals surface area contributed by atoms with E-state index < -0.39 is 22.2 Å². The molecule has 0 radical (unpaired) electrons. The van der Waals surface area contributed by atoms with E-state index in [1.807, 2.05) is 6.92 Å². The highest BCUT2D eigenvalue weighted by Gasteiger charge is 2.34. The molecule has 1 aliphatic rings. The Morgan fingerprint density at radius 1 is 1.12 bits per heavy atom. The number of benzene rings is 2. The predicted octanol–water partition coefficient (Wildman–Crippen LogP) is 3.00. The van der Waals surface area contributed by atoms with Crippen molar-refractivity contribution < 1.29 is 32.6 Å². The molecule has 266 valence electrons. The third-order valence-electron chi connectivity index (χ3n) is 8.54.